The number of hydrazone groups is 1. The highest BCUT2D eigenvalue weighted by Gasteiger charge is 2.18. The lowest BCUT2D eigenvalue weighted by atomic mass is 9.97. The molecule has 0 radical (unpaired) electrons. The summed E-state index contributed by atoms with van der Waals surface area (Å²) in [5.74, 6) is 6.25. The van der Waals surface area contributed by atoms with E-state index in [2.05, 4.69) is 17.0 Å². The predicted molar refractivity (Wildman–Crippen MR) is 58.7 cm³/mol. The minimum atomic E-state index is 0.420. The molecule has 82 valence electrons. The van der Waals surface area contributed by atoms with E-state index in [-0.39, 0.29) is 0 Å². The smallest absolute Gasteiger partial charge is 0.213 e. The van der Waals surface area contributed by atoms with Crippen molar-refractivity contribution in [3.05, 3.63) is 0 Å². The van der Waals surface area contributed by atoms with Crippen LogP contribution < -0.4 is 11.6 Å². The number of nitrogens with zero attached hydrogens (tertiary/aromatic N) is 3. The maximum absolute atomic E-state index is 5.60. The number of likely N-dealkylation sites (tertiary alicyclic amines) is 1. The molecule has 1 aliphatic rings. The summed E-state index contributed by atoms with van der Waals surface area (Å²) in [5, 5.41) is 3.48. The van der Waals surface area contributed by atoms with Crippen molar-refractivity contribution in [3.8, 4) is 0 Å². The summed E-state index contributed by atoms with van der Waals surface area (Å²) in [5.41, 5.74) is 5.60. The van der Waals surface area contributed by atoms with Gasteiger partial charge in [-0.25, -0.2) is 0 Å². The van der Waals surface area contributed by atoms with Crippen molar-refractivity contribution >= 4 is 5.96 Å². The van der Waals surface area contributed by atoms with Gasteiger partial charge in [0.25, 0.3) is 0 Å². The molecule has 0 saturated carbocycles. The summed E-state index contributed by atoms with van der Waals surface area (Å²) >= 11 is 0. The van der Waals surface area contributed by atoms with Crippen molar-refractivity contribution in [2.24, 2.45) is 22.6 Å². The molecular formula is C9H21N5. The molecular weight excluding hydrogens is 178 g/mol. The van der Waals surface area contributed by atoms with E-state index >= 15 is 0 Å². The van der Waals surface area contributed by atoms with E-state index in [1.54, 1.807) is 0 Å². The number of hydrogen-bond acceptors (Lipinski definition) is 3. The van der Waals surface area contributed by atoms with E-state index < -0.39 is 0 Å². The Morgan fingerprint density at radius 1 is 1.50 bits per heavy atom. The van der Waals surface area contributed by atoms with Crippen LogP contribution in [0.1, 0.15) is 12.8 Å². The van der Waals surface area contributed by atoms with Gasteiger partial charge in [0.05, 0.1) is 0 Å². The van der Waals surface area contributed by atoms with E-state index in [9.17, 15) is 0 Å². The first-order valence-electron chi connectivity index (χ1n) is 5.06. The fraction of sp³-hybridized carbons (Fsp3) is 0.889. The van der Waals surface area contributed by atoms with Crippen molar-refractivity contribution < 1.29 is 0 Å². The van der Waals surface area contributed by atoms with Gasteiger partial charge in [0, 0.05) is 13.6 Å². The average molecular weight is 199 g/mol. The highest BCUT2D eigenvalue weighted by atomic mass is 15.3. The third-order valence-electron chi connectivity index (χ3n) is 2.89. The Kier molecular flexibility index (Phi) is 4.00. The molecule has 0 atom stereocenters. The van der Waals surface area contributed by atoms with Crippen molar-refractivity contribution in [1.29, 1.82) is 0 Å². The van der Waals surface area contributed by atoms with Crippen molar-refractivity contribution in [3.63, 3.8) is 0 Å². The van der Waals surface area contributed by atoms with Crippen molar-refractivity contribution in [2.45, 2.75) is 12.8 Å². The summed E-state index contributed by atoms with van der Waals surface area (Å²) in [4.78, 5) is 4.28. The molecule has 4 N–H and O–H groups in total. The molecule has 1 heterocycles. The zero-order valence-corrected chi connectivity index (χ0v) is 9.11. The van der Waals surface area contributed by atoms with Gasteiger partial charge in [-0.2, -0.15) is 0 Å². The fourth-order valence-corrected chi connectivity index (χ4v) is 1.82. The quantitative estimate of drug-likeness (QED) is 0.271. The Morgan fingerprint density at radius 2 is 2.07 bits per heavy atom. The van der Waals surface area contributed by atoms with Crippen LogP contribution in [0.15, 0.2) is 5.10 Å². The Hall–Kier alpha value is -0.970. The third-order valence-corrected chi connectivity index (χ3v) is 2.89. The monoisotopic (exact) mass is 199 g/mol. The highest BCUT2D eigenvalue weighted by Crippen LogP contribution is 2.16. The number of hydrogen-bond donors (Lipinski definition) is 2. The van der Waals surface area contributed by atoms with Crippen LogP contribution >= 0.6 is 0 Å². The van der Waals surface area contributed by atoms with Crippen LogP contribution in [0.2, 0.25) is 0 Å². The largest absolute Gasteiger partial charge is 0.368 e. The molecule has 0 spiro atoms. The van der Waals surface area contributed by atoms with Gasteiger partial charge in [0.15, 0.2) is 0 Å². The van der Waals surface area contributed by atoms with Crippen LogP contribution in [-0.2, 0) is 0 Å². The van der Waals surface area contributed by atoms with Crippen LogP contribution in [0.5, 0.6) is 0 Å². The molecule has 0 aliphatic carbocycles. The molecule has 1 rings (SSSR count). The Labute approximate surface area is 85.7 Å². The Bertz CT molecular complexity index is 195. The lowest BCUT2D eigenvalue weighted by Gasteiger charge is -2.31. The Morgan fingerprint density at radius 3 is 2.57 bits per heavy atom. The van der Waals surface area contributed by atoms with E-state index in [4.69, 9.17) is 11.6 Å². The maximum Gasteiger partial charge on any atom is 0.213 e. The van der Waals surface area contributed by atoms with Crippen molar-refractivity contribution in [1.82, 2.24) is 9.80 Å². The average Bonchev–Trinajstić information content (AvgIpc) is 2.20. The molecule has 14 heavy (non-hydrogen) atoms. The van der Waals surface area contributed by atoms with Gasteiger partial charge < -0.3 is 21.4 Å². The van der Waals surface area contributed by atoms with Gasteiger partial charge in [-0.15, -0.1) is 5.10 Å². The van der Waals surface area contributed by atoms with Crippen LogP contribution in [0.4, 0.5) is 0 Å². The highest BCUT2D eigenvalue weighted by molar-refractivity contribution is 5.77. The van der Waals surface area contributed by atoms with E-state index in [0.717, 1.165) is 12.5 Å². The summed E-state index contributed by atoms with van der Waals surface area (Å²) in [6.07, 6.45) is 2.47. The van der Waals surface area contributed by atoms with E-state index in [0.29, 0.717) is 5.96 Å². The topological polar surface area (TPSA) is 70.9 Å². The normalized spacial score (nSPS) is 21.1. The third kappa shape index (κ3) is 3.06. The zero-order chi connectivity index (χ0) is 10.6. The van der Waals surface area contributed by atoms with Crippen molar-refractivity contribution in [2.75, 3.05) is 33.7 Å². The Balaban J connectivity index is 2.31. The molecule has 0 aromatic rings. The van der Waals surface area contributed by atoms with Crippen LogP contribution in [-0.4, -0.2) is 49.5 Å². The summed E-state index contributed by atoms with van der Waals surface area (Å²) in [6, 6.07) is 0. The zero-order valence-electron chi connectivity index (χ0n) is 9.11. The number of rotatable bonds is 2. The molecule has 0 bridgehead atoms. The minimum absolute atomic E-state index is 0.420. The number of nitrogens with two attached hydrogens (primary N) is 2. The molecule has 0 amide bonds. The fourth-order valence-electron chi connectivity index (χ4n) is 1.82. The molecule has 0 aromatic heterocycles. The second kappa shape index (κ2) is 5.05. The standard InChI is InChI=1S/C9H21N5/c1-13-5-3-8(4-6-13)7-14(2)9(10)12-11/h8H,3-7,11H2,1-2H3,(H2,10,12). The van der Waals surface area contributed by atoms with Gasteiger partial charge in [-0.1, -0.05) is 0 Å². The molecule has 1 saturated heterocycles. The van der Waals surface area contributed by atoms with Gasteiger partial charge >= 0.3 is 0 Å². The first-order valence-corrected chi connectivity index (χ1v) is 5.06. The van der Waals surface area contributed by atoms with Gasteiger partial charge in [-0.05, 0) is 38.9 Å². The summed E-state index contributed by atoms with van der Waals surface area (Å²) in [7, 11) is 4.10. The lowest BCUT2D eigenvalue weighted by Crippen LogP contribution is -2.41. The number of piperidine rings is 1. The summed E-state index contributed by atoms with van der Waals surface area (Å²) in [6.45, 7) is 3.32. The molecule has 5 heteroatoms. The first-order chi connectivity index (χ1) is 6.63. The minimum Gasteiger partial charge on any atom is -0.368 e. The van der Waals surface area contributed by atoms with Gasteiger partial charge in [0.2, 0.25) is 5.96 Å². The predicted octanol–water partition coefficient (Wildman–Crippen LogP) is -0.552. The second-order valence-electron chi connectivity index (χ2n) is 4.11. The van der Waals surface area contributed by atoms with E-state index in [1.165, 1.54) is 25.9 Å². The van der Waals surface area contributed by atoms with Gasteiger partial charge in [0.1, 0.15) is 0 Å². The second-order valence-corrected chi connectivity index (χ2v) is 4.11. The first kappa shape index (κ1) is 11.1. The van der Waals surface area contributed by atoms with Crippen LogP contribution in [0, 0.1) is 5.92 Å². The maximum atomic E-state index is 5.60. The molecule has 1 fully saturated rings. The van der Waals surface area contributed by atoms with Crippen LogP contribution in [0.3, 0.4) is 0 Å². The molecule has 5 nitrogen and oxygen atoms in total. The number of guanidine groups is 1. The van der Waals surface area contributed by atoms with E-state index in [1.807, 2.05) is 11.9 Å². The molecule has 0 unspecified atom stereocenters. The van der Waals surface area contributed by atoms with Crippen LogP contribution in [0.25, 0.3) is 0 Å². The summed E-state index contributed by atoms with van der Waals surface area (Å²) < 4.78 is 0. The van der Waals surface area contributed by atoms with Gasteiger partial charge in [-0.3, -0.25) is 0 Å². The molecule has 1 aliphatic heterocycles. The SMILES string of the molecule is CN1CCC(CN(C)C(N)=NN)CC1. The molecule has 0 aromatic carbocycles. The lowest BCUT2D eigenvalue weighted by molar-refractivity contribution is 0.199.